The number of furan rings is 1. The standard InChI is InChI=1S/C23H22N4O4/c1-11-7-6-8-17(19(11)22(29)24-5)25-21(28)16-10-18(15-9-12(2)30-14(15)4)26-23-20(16)13(3)27-31-23/h6-10H,1-5H3,(H,24,29)(H,25,28). The van der Waals surface area contributed by atoms with Gasteiger partial charge in [0.1, 0.15) is 11.5 Å². The molecule has 31 heavy (non-hydrogen) atoms. The van der Waals surface area contributed by atoms with Gasteiger partial charge in [0, 0.05) is 12.6 Å². The maximum atomic E-state index is 13.4. The smallest absolute Gasteiger partial charge is 0.259 e. The highest BCUT2D eigenvalue weighted by Gasteiger charge is 2.22. The van der Waals surface area contributed by atoms with Gasteiger partial charge in [-0.3, -0.25) is 9.59 Å². The Kier molecular flexibility index (Phi) is 5.06. The lowest BCUT2D eigenvalue weighted by molar-refractivity contribution is 0.0963. The Morgan fingerprint density at radius 1 is 1.03 bits per heavy atom. The van der Waals surface area contributed by atoms with Crippen molar-refractivity contribution in [1.82, 2.24) is 15.5 Å². The van der Waals surface area contributed by atoms with Crippen LogP contribution >= 0.6 is 0 Å². The number of aromatic nitrogens is 2. The molecule has 0 spiro atoms. The van der Waals surface area contributed by atoms with E-state index < -0.39 is 5.91 Å². The lowest BCUT2D eigenvalue weighted by Gasteiger charge is -2.13. The zero-order valence-corrected chi connectivity index (χ0v) is 17.9. The molecule has 0 radical (unpaired) electrons. The molecule has 2 N–H and O–H groups in total. The van der Waals surface area contributed by atoms with E-state index in [0.29, 0.717) is 39.3 Å². The van der Waals surface area contributed by atoms with Crippen LogP contribution in [-0.2, 0) is 0 Å². The van der Waals surface area contributed by atoms with E-state index in [1.54, 1.807) is 32.2 Å². The van der Waals surface area contributed by atoms with Crippen LogP contribution in [0.3, 0.4) is 0 Å². The van der Waals surface area contributed by atoms with Gasteiger partial charge < -0.3 is 19.6 Å². The van der Waals surface area contributed by atoms with Crippen molar-refractivity contribution in [2.45, 2.75) is 27.7 Å². The minimum absolute atomic E-state index is 0.258. The third kappa shape index (κ3) is 3.56. The average molecular weight is 418 g/mol. The molecule has 3 heterocycles. The Balaban J connectivity index is 1.84. The number of fused-ring (bicyclic) bond motifs is 1. The lowest BCUT2D eigenvalue weighted by atomic mass is 10.0. The van der Waals surface area contributed by atoms with Gasteiger partial charge in [-0.05, 0) is 51.5 Å². The molecule has 0 saturated heterocycles. The van der Waals surface area contributed by atoms with Crippen molar-refractivity contribution in [1.29, 1.82) is 0 Å². The third-order valence-electron chi connectivity index (χ3n) is 5.15. The number of carbonyl (C=O) groups is 2. The minimum Gasteiger partial charge on any atom is -0.466 e. The molecule has 0 saturated carbocycles. The first-order chi connectivity index (χ1) is 14.8. The van der Waals surface area contributed by atoms with Crippen molar-refractivity contribution in [3.8, 4) is 11.3 Å². The van der Waals surface area contributed by atoms with Crippen molar-refractivity contribution < 1.29 is 18.5 Å². The Labute approximate surface area is 178 Å². The Bertz CT molecular complexity index is 1330. The maximum absolute atomic E-state index is 13.4. The van der Waals surface area contributed by atoms with Crippen LogP contribution in [0.25, 0.3) is 22.4 Å². The van der Waals surface area contributed by atoms with Gasteiger partial charge in [-0.15, -0.1) is 0 Å². The van der Waals surface area contributed by atoms with Gasteiger partial charge in [0.15, 0.2) is 0 Å². The second-order valence-electron chi connectivity index (χ2n) is 7.36. The van der Waals surface area contributed by atoms with Crippen LogP contribution in [0.5, 0.6) is 0 Å². The van der Waals surface area contributed by atoms with Gasteiger partial charge in [-0.1, -0.05) is 17.3 Å². The molecular weight excluding hydrogens is 396 g/mol. The fourth-order valence-electron chi connectivity index (χ4n) is 3.68. The quantitative estimate of drug-likeness (QED) is 0.510. The zero-order valence-electron chi connectivity index (χ0n) is 17.9. The van der Waals surface area contributed by atoms with E-state index in [9.17, 15) is 9.59 Å². The van der Waals surface area contributed by atoms with Gasteiger partial charge in [0.25, 0.3) is 17.5 Å². The Morgan fingerprint density at radius 3 is 2.48 bits per heavy atom. The highest BCUT2D eigenvalue weighted by molar-refractivity contribution is 6.15. The number of anilines is 1. The highest BCUT2D eigenvalue weighted by Crippen LogP contribution is 2.31. The van der Waals surface area contributed by atoms with Crippen molar-refractivity contribution in [2.24, 2.45) is 0 Å². The molecule has 1 aromatic carbocycles. The number of carbonyl (C=O) groups excluding carboxylic acids is 2. The van der Waals surface area contributed by atoms with Crippen LogP contribution in [-0.4, -0.2) is 29.0 Å². The van der Waals surface area contributed by atoms with E-state index in [-0.39, 0.29) is 11.6 Å². The number of amides is 2. The highest BCUT2D eigenvalue weighted by atomic mass is 16.5. The molecule has 0 atom stereocenters. The number of benzene rings is 1. The molecule has 0 fully saturated rings. The van der Waals surface area contributed by atoms with Crippen molar-refractivity contribution >= 4 is 28.6 Å². The number of rotatable bonds is 4. The van der Waals surface area contributed by atoms with Crippen molar-refractivity contribution in [3.63, 3.8) is 0 Å². The predicted molar refractivity (Wildman–Crippen MR) is 116 cm³/mol. The van der Waals surface area contributed by atoms with Gasteiger partial charge >= 0.3 is 0 Å². The summed E-state index contributed by atoms with van der Waals surface area (Å²) >= 11 is 0. The molecule has 4 aromatic rings. The summed E-state index contributed by atoms with van der Waals surface area (Å²) in [4.78, 5) is 30.3. The number of pyridine rings is 1. The van der Waals surface area contributed by atoms with E-state index >= 15 is 0 Å². The number of nitrogens with one attached hydrogen (secondary N) is 2. The molecule has 0 unspecified atom stereocenters. The van der Waals surface area contributed by atoms with Crippen molar-refractivity contribution in [2.75, 3.05) is 12.4 Å². The van der Waals surface area contributed by atoms with Gasteiger partial charge in [-0.25, -0.2) is 4.98 Å². The summed E-state index contributed by atoms with van der Waals surface area (Å²) in [6.45, 7) is 7.25. The van der Waals surface area contributed by atoms with Crippen LogP contribution in [0.15, 0.2) is 39.3 Å². The first-order valence-electron chi connectivity index (χ1n) is 9.77. The number of nitrogens with zero attached hydrogens (tertiary/aromatic N) is 2. The average Bonchev–Trinajstić information content (AvgIpc) is 3.28. The largest absolute Gasteiger partial charge is 0.466 e. The number of hydrogen-bond acceptors (Lipinski definition) is 6. The minimum atomic E-state index is -0.395. The van der Waals surface area contributed by atoms with E-state index in [2.05, 4.69) is 20.8 Å². The summed E-state index contributed by atoms with van der Waals surface area (Å²) in [7, 11) is 1.55. The summed E-state index contributed by atoms with van der Waals surface area (Å²) in [5.41, 5.74) is 4.05. The summed E-state index contributed by atoms with van der Waals surface area (Å²) < 4.78 is 11.0. The van der Waals surface area contributed by atoms with Gasteiger partial charge in [0.2, 0.25) is 0 Å². The Hall–Kier alpha value is -3.94. The molecule has 3 aromatic heterocycles. The molecule has 2 amide bonds. The van der Waals surface area contributed by atoms with E-state index in [1.807, 2.05) is 32.9 Å². The SMILES string of the molecule is CNC(=O)c1c(C)cccc1NC(=O)c1cc(-c2cc(C)oc2C)nc2onc(C)c12. The molecule has 0 aliphatic rings. The van der Waals surface area contributed by atoms with E-state index in [1.165, 1.54) is 0 Å². The summed E-state index contributed by atoms with van der Waals surface area (Å²) in [6.07, 6.45) is 0. The summed E-state index contributed by atoms with van der Waals surface area (Å²) in [6, 6.07) is 8.84. The predicted octanol–water partition coefficient (Wildman–Crippen LogP) is 4.33. The zero-order chi connectivity index (χ0) is 22.3. The van der Waals surface area contributed by atoms with Crippen LogP contribution in [0, 0.1) is 27.7 Å². The van der Waals surface area contributed by atoms with E-state index in [4.69, 9.17) is 8.94 Å². The first kappa shape index (κ1) is 20.3. The van der Waals surface area contributed by atoms with Gasteiger partial charge in [0.05, 0.1) is 33.6 Å². The topological polar surface area (TPSA) is 110 Å². The number of aryl methyl sites for hydroxylation is 4. The fraction of sp³-hybridized carbons (Fsp3) is 0.217. The monoisotopic (exact) mass is 418 g/mol. The molecule has 158 valence electrons. The van der Waals surface area contributed by atoms with Crippen LogP contribution in [0.1, 0.15) is 43.5 Å². The second kappa shape index (κ2) is 7.71. The lowest BCUT2D eigenvalue weighted by Crippen LogP contribution is -2.22. The van der Waals surface area contributed by atoms with Crippen molar-refractivity contribution in [3.05, 3.63) is 64.2 Å². The fourth-order valence-corrected chi connectivity index (χ4v) is 3.68. The molecule has 0 aliphatic heterocycles. The molecule has 0 aliphatic carbocycles. The normalized spacial score (nSPS) is 11.0. The third-order valence-corrected chi connectivity index (χ3v) is 5.15. The molecule has 8 heteroatoms. The second-order valence-corrected chi connectivity index (χ2v) is 7.36. The number of hydrogen-bond donors (Lipinski definition) is 2. The van der Waals surface area contributed by atoms with Crippen LogP contribution in [0.2, 0.25) is 0 Å². The maximum Gasteiger partial charge on any atom is 0.259 e. The van der Waals surface area contributed by atoms with Gasteiger partial charge in [-0.2, -0.15) is 0 Å². The molecular formula is C23H22N4O4. The Morgan fingerprint density at radius 2 is 1.81 bits per heavy atom. The van der Waals surface area contributed by atoms with E-state index in [0.717, 1.165) is 16.9 Å². The summed E-state index contributed by atoms with van der Waals surface area (Å²) in [5, 5.41) is 9.98. The molecule has 8 nitrogen and oxygen atoms in total. The summed E-state index contributed by atoms with van der Waals surface area (Å²) in [5.74, 6) is 0.754. The van der Waals surface area contributed by atoms with Crippen LogP contribution < -0.4 is 10.6 Å². The molecule has 0 bridgehead atoms. The molecule has 4 rings (SSSR count). The van der Waals surface area contributed by atoms with Crippen LogP contribution in [0.4, 0.5) is 5.69 Å². The first-order valence-corrected chi connectivity index (χ1v) is 9.77.